The summed E-state index contributed by atoms with van der Waals surface area (Å²) in [6.45, 7) is 0. The van der Waals surface area contributed by atoms with Crippen LogP contribution in [-0.4, -0.2) is 11.0 Å². The summed E-state index contributed by atoms with van der Waals surface area (Å²) in [5.74, 6) is 0.665. The largest absolute Gasteiger partial charge is 0.358 e. The molecule has 0 radical (unpaired) electrons. The molecule has 3 N–H and O–H groups in total. The third kappa shape index (κ3) is 4.51. The van der Waals surface area contributed by atoms with E-state index in [-0.39, 0.29) is 5.43 Å². The number of H-pyrrole nitrogens is 1. The molecule has 2 saturated carbocycles. The van der Waals surface area contributed by atoms with Crippen molar-refractivity contribution in [1.29, 1.82) is 0 Å². The molecule has 5 rings (SSSR count). The first-order valence-corrected chi connectivity index (χ1v) is 11.7. The van der Waals surface area contributed by atoms with E-state index < -0.39 is 0 Å². The SMILES string of the molecule is NC1CCCCC1.O=c1c2c([nH]c3ccc(C4CCCCC4)cc13)CCCC2. The number of hydrogen-bond donors (Lipinski definition) is 2. The zero-order valence-corrected chi connectivity index (χ0v) is 17.3. The zero-order valence-electron chi connectivity index (χ0n) is 17.3. The van der Waals surface area contributed by atoms with Gasteiger partial charge in [0.25, 0.3) is 0 Å². The highest BCUT2D eigenvalue weighted by atomic mass is 16.1. The van der Waals surface area contributed by atoms with Gasteiger partial charge in [0.15, 0.2) is 5.43 Å². The molecule has 0 atom stereocenters. The lowest BCUT2D eigenvalue weighted by molar-refractivity contribution is 0.441. The highest BCUT2D eigenvalue weighted by Crippen LogP contribution is 2.33. The van der Waals surface area contributed by atoms with Gasteiger partial charge in [0.1, 0.15) is 0 Å². The van der Waals surface area contributed by atoms with Crippen LogP contribution in [0.25, 0.3) is 10.9 Å². The minimum atomic E-state index is 0.288. The summed E-state index contributed by atoms with van der Waals surface area (Å²) >= 11 is 0. The maximum absolute atomic E-state index is 12.8. The standard InChI is InChI=1S/C19H23NO.C6H13N/c21-19-15-8-4-5-9-17(15)20-18-11-10-14(12-16(18)19)13-6-2-1-3-7-13;7-6-4-2-1-3-5-6/h10-13H,1-9H2,(H,20,21);6H,1-5,7H2. The molecular formula is C25H36N2O. The molecule has 2 aromatic rings. The van der Waals surface area contributed by atoms with Crippen LogP contribution in [0, 0.1) is 0 Å². The van der Waals surface area contributed by atoms with Crippen molar-refractivity contribution < 1.29 is 0 Å². The number of hydrogen-bond acceptors (Lipinski definition) is 2. The minimum absolute atomic E-state index is 0.288. The first-order chi connectivity index (χ1) is 13.7. The molecule has 3 aliphatic carbocycles. The Hall–Kier alpha value is -1.61. The fourth-order valence-electron chi connectivity index (χ4n) is 5.30. The highest BCUT2D eigenvalue weighted by molar-refractivity contribution is 5.80. The molecule has 1 heterocycles. The Balaban J connectivity index is 0.000000233. The molecule has 28 heavy (non-hydrogen) atoms. The van der Waals surface area contributed by atoms with Crippen molar-refractivity contribution in [3.05, 3.63) is 45.2 Å². The highest BCUT2D eigenvalue weighted by Gasteiger charge is 2.19. The Labute approximate surface area is 169 Å². The molecule has 152 valence electrons. The second kappa shape index (κ2) is 9.26. The van der Waals surface area contributed by atoms with Gasteiger partial charge in [-0.05, 0) is 75.0 Å². The molecule has 3 heteroatoms. The Bertz CT molecular complexity index is 841. The second-order valence-electron chi connectivity index (χ2n) is 9.16. The van der Waals surface area contributed by atoms with Gasteiger partial charge in [-0.2, -0.15) is 0 Å². The van der Waals surface area contributed by atoms with Crippen LogP contribution in [-0.2, 0) is 12.8 Å². The second-order valence-corrected chi connectivity index (χ2v) is 9.16. The molecule has 1 aromatic carbocycles. The Morgan fingerprint density at radius 2 is 1.50 bits per heavy atom. The summed E-state index contributed by atoms with van der Waals surface area (Å²) in [7, 11) is 0. The van der Waals surface area contributed by atoms with E-state index in [4.69, 9.17) is 5.73 Å². The summed E-state index contributed by atoms with van der Waals surface area (Å²) in [5, 5.41) is 0.915. The van der Waals surface area contributed by atoms with Crippen molar-refractivity contribution in [2.24, 2.45) is 5.73 Å². The number of aromatic amines is 1. The van der Waals surface area contributed by atoms with Crippen LogP contribution in [0.2, 0.25) is 0 Å². The fourth-order valence-corrected chi connectivity index (χ4v) is 5.30. The van der Waals surface area contributed by atoms with Crippen LogP contribution in [0.1, 0.15) is 99.8 Å². The number of nitrogens with one attached hydrogen (secondary N) is 1. The Morgan fingerprint density at radius 3 is 2.18 bits per heavy atom. The molecule has 2 fully saturated rings. The van der Waals surface area contributed by atoms with E-state index in [1.165, 1.54) is 81.9 Å². The normalized spacial score (nSPS) is 21.0. The average molecular weight is 381 g/mol. The predicted octanol–water partition coefficient (Wildman–Crippen LogP) is 5.73. The van der Waals surface area contributed by atoms with Crippen molar-refractivity contribution in [1.82, 2.24) is 4.98 Å². The van der Waals surface area contributed by atoms with Crippen molar-refractivity contribution in [2.45, 2.75) is 102 Å². The maximum atomic E-state index is 12.8. The van der Waals surface area contributed by atoms with Gasteiger partial charge in [0.05, 0.1) is 0 Å². The van der Waals surface area contributed by atoms with Crippen LogP contribution in [0.5, 0.6) is 0 Å². The van der Waals surface area contributed by atoms with E-state index in [9.17, 15) is 4.79 Å². The number of aromatic nitrogens is 1. The van der Waals surface area contributed by atoms with Gasteiger partial charge < -0.3 is 10.7 Å². The molecule has 1 aromatic heterocycles. The van der Waals surface area contributed by atoms with Crippen LogP contribution in [0.4, 0.5) is 0 Å². The van der Waals surface area contributed by atoms with Crippen molar-refractivity contribution in [3.63, 3.8) is 0 Å². The molecule has 0 aliphatic heterocycles. The first-order valence-electron chi connectivity index (χ1n) is 11.7. The molecular weight excluding hydrogens is 344 g/mol. The van der Waals surface area contributed by atoms with Crippen LogP contribution in [0.15, 0.2) is 23.0 Å². The maximum Gasteiger partial charge on any atom is 0.192 e. The van der Waals surface area contributed by atoms with E-state index >= 15 is 0 Å². The summed E-state index contributed by atoms with van der Waals surface area (Å²) in [6.07, 6.45) is 17.6. The lowest BCUT2D eigenvalue weighted by Gasteiger charge is -2.22. The predicted molar refractivity (Wildman–Crippen MR) is 118 cm³/mol. The van der Waals surface area contributed by atoms with E-state index in [0.29, 0.717) is 12.0 Å². The number of fused-ring (bicyclic) bond motifs is 2. The number of aryl methyl sites for hydroxylation is 1. The molecule has 0 bridgehead atoms. The minimum Gasteiger partial charge on any atom is -0.358 e. The van der Waals surface area contributed by atoms with Gasteiger partial charge in [0.2, 0.25) is 0 Å². The van der Waals surface area contributed by atoms with Gasteiger partial charge in [0, 0.05) is 28.2 Å². The summed E-state index contributed by atoms with van der Waals surface area (Å²) in [6, 6.07) is 7.09. The van der Waals surface area contributed by atoms with Gasteiger partial charge in [-0.3, -0.25) is 4.79 Å². The van der Waals surface area contributed by atoms with Gasteiger partial charge in [-0.1, -0.05) is 44.6 Å². The van der Waals surface area contributed by atoms with Crippen LogP contribution < -0.4 is 11.2 Å². The third-order valence-electron chi connectivity index (χ3n) is 7.04. The molecule has 0 unspecified atom stereocenters. The Morgan fingerprint density at radius 1 is 0.821 bits per heavy atom. The quantitative estimate of drug-likeness (QED) is 0.663. The van der Waals surface area contributed by atoms with E-state index in [2.05, 4.69) is 23.2 Å². The monoisotopic (exact) mass is 380 g/mol. The van der Waals surface area contributed by atoms with Crippen LogP contribution in [0.3, 0.4) is 0 Å². The van der Waals surface area contributed by atoms with Gasteiger partial charge in [-0.25, -0.2) is 0 Å². The molecule has 3 nitrogen and oxygen atoms in total. The number of nitrogens with two attached hydrogens (primary N) is 1. The van der Waals surface area contributed by atoms with Crippen molar-refractivity contribution in [2.75, 3.05) is 0 Å². The molecule has 3 aliphatic rings. The third-order valence-corrected chi connectivity index (χ3v) is 7.04. The summed E-state index contributed by atoms with van der Waals surface area (Å²) < 4.78 is 0. The summed E-state index contributed by atoms with van der Waals surface area (Å²) in [4.78, 5) is 16.3. The van der Waals surface area contributed by atoms with E-state index in [1.54, 1.807) is 0 Å². The molecule has 0 amide bonds. The fraction of sp³-hybridized carbons (Fsp3) is 0.640. The average Bonchev–Trinajstić information content (AvgIpc) is 2.75. The molecule has 0 saturated heterocycles. The summed E-state index contributed by atoms with van der Waals surface area (Å²) in [5.41, 5.74) is 10.6. The Kier molecular flexibility index (Phi) is 6.51. The van der Waals surface area contributed by atoms with E-state index in [1.807, 2.05) is 0 Å². The molecule has 0 spiro atoms. The topological polar surface area (TPSA) is 58.9 Å². The lowest BCUT2D eigenvalue weighted by Crippen LogP contribution is -2.22. The van der Waals surface area contributed by atoms with Crippen LogP contribution >= 0.6 is 0 Å². The lowest BCUT2D eigenvalue weighted by atomic mass is 9.83. The van der Waals surface area contributed by atoms with E-state index in [0.717, 1.165) is 35.7 Å². The smallest absolute Gasteiger partial charge is 0.192 e. The first kappa shape index (κ1) is 19.7. The van der Waals surface area contributed by atoms with Gasteiger partial charge in [-0.15, -0.1) is 0 Å². The van der Waals surface area contributed by atoms with Crippen molar-refractivity contribution >= 4 is 10.9 Å². The van der Waals surface area contributed by atoms with Gasteiger partial charge >= 0.3 is 0 Å². The number of benzene rings is 1. The number of pyridine rings is 1. The van der Waals surface area contributed by atoms with Crippen molar-refractivity contribution in [3.8, 4) is 0 Å². The zero-order chi connectivity index (χ0) is 19.3. The number of rotatable bonds is 1.